The summed E-state index contributed by atoms with van der Waals surface area (Å²) in [4.78, 5) is 14.4. The van der Waals surface area contributed by atoms with Crippen LogP contribution in [0.2, 0.25) is 0 Å². The van der Waals surface area contributed by atoms with Crippen molar-refractivity contribution in [3.05, 3.63) is 11.6 Å². The van der Waals surface area contributed by atoms with Crippen LogP contribution in [0.5, 0.6) is 17.2 Å². The molecule has 0 bridgehead atoms. The van der Waals surface area contributed by atoms with Crippen molar-refractivity contribution < 1.29 is 24.1 Å². The third-order valence-corrected chi connectivity index (χ3v) is 3.95. The van der Waals surface area contributed by atoms with E-state index in [1.807, 2.05) is 0 Å². The van der Waals surface area contributed by atoms with Gasteiger partial charge in [-0.05, 0) is 18.9 Å². The van der Waals surface area contributed by atoms with Crippen molar-refractivity contribution in [2.75, 3.05) is 40.2 Å². The summed E-state index contributed by atoms with van der Waals surface area (Å²) in [5, 5.41) is 9.39. The number of methoxy groups -OCH3 is 3. The molecule has 7 nitrogen and oxygen atoms in total. The van der Waals surface area contributed by atoms with Crippen LogP contribution < -0.4 is 19.9 Å². The first-order valence-corrected chi connectivity index (χ1v) is 7.09. The van der Waals surface area contributed by atoms with Gasteiger partial charge in [0.05, 0.1) is 45.2 Å². The molecule has 122 valence electrons. The van der Waals surface area contributed by atoms with Crippen LogP contribution in [0.15, 0.2) is 6.07 Å². The van der Waals surface area contributed by atoms with Gasteiger partial charge in [0.15, 0.2) is 11.5 Å². The highest BCUT2D eigenvalue weighted by molar-refractivity contribution is 6.02. The predicted octanol–water partition coefficient (Wildman–Crippen LogP) is 0.892. The quantitative estimate of drug-likeness (QED) is 0.785. The number of carbonyl (C=O) groups excluding carboxylic acids is 1. The van der Waals surface area contributed by atoms with E-state index in [9.17, 15) is 9.90 Å². The lowest BCUT2D eigenvalue weighted by Crippen LogP contribution is -2.38. The molecule has 0 radical (unpaired) electrons. The van der Waals surface area contributed by atoms with E-state index in [0.717, 1.165) is 12.8 Å². The lowest BCUT2D eigenvalue weighted by Gasteiger charge is -2.25. The van der Waals surface area contributed by atoms with Gasteiger partial charge in [0.2, 0.25) is 5.75 Å². The number of hydrogen-bond donors (Lipinski definition) is 2. The van der Waals surface area contributed by atoms with E-state index in [1.165, 1.54) is 21.3 Å². The van der Waals surface area contributed by atoms with Gasteiger partial charge in [-0.15, -0.1) is 0 Å². The summed E-state index contributed by atoms with van der Waals surface area (Å²) in [6.45, 7) is 0.538. The average molecular weight is 310 g/mol. The molecule has 22 heavy (non-hydrogen) atoms. The summed E-state index contributed by atoms with van der Waals surface area (Å²) in [6.07, 6.45) is 1.65. The standard InChI is InChI=1S/C15H22N2O5/c1-20-11-7-10(12(16)14(22-3)13(11)21-2)15(19)17-6-4-5-9(17)8-18/h7,9,18H,4-6,8,16H2,1-3H3. The van der Waals surface area contributed by atoms with Crippen LogP contribution in [-0.2, 0) is 0 Å². The highest BCUT2D eigenvalue weighted by Crippen LogP contribution is 2.44. The number of amides is 1. The van der Waals surface area contributed by atoms with Crippen molar-refractivity contribution in [1.29, 1.82) is 0 Å². The molecule has 1 aromatic rings. The van der Waals surface area contributed by atoms with Crippen molar-refractivity contribution >= 4 is 11.6 Å². The first-order chi connectivity index (χ1) is 10.6. The topological polar surface area (TPSA) is 94.2 Å². The minimum Gasteiger partial charge on any atom is -0.493 e. The molecular weight excluding hydrogens is 288 g/mol. The van der Waals surface area contributed by atoms with Crippen LogP contribution in [-0.4, -0.2) is 56.4 Å². The Balaban J connectivity index is 2.48. The number of aliphatic hydroxyl groups is 1. The first kappa shape index (κ1) is 16.2. The van der Waals surface area contributed by atoms with Crippen LogP contribution in [0.1, 0.15) is 23.2 Å². The van der Waals surface area contributed by atoms with E-state index in [2.05, 4.69) is 0 Å². The van der Waals surface area contributed by atoms with Crippen LogP contribution >= 0.6 is 0 Å². The largest absolute Gasteiger partial charge is 0.493 e. The molecular formula is C15H22N2O5. The molecule has 1 saturated heterocycles. The zero-order valence-corrected chi connectivity index (χ0v) is 13.1. The molecule has 1 heterocycles. The van der Waals surface area contributed by atoms with E-state index in [1.54, 1.807) is 11.0 Å². The number of nitrogens with two attached hydrogens (primary N) is 1. The average Bonchev–Trinajstić information content (AvgIpc) is 3.02. The Hall–Kier alpha value is -2.15. The second kappa shape index (κ2) is 6.74. The maximum atomic E-state index is 12.8. The molecule has 0 aliphatic carbocycles. The van der Waals surface area contributed by atoms with Gasteiger partial charge in [0.25, 0.3) is 5.91 Å². The number of ether oxygens (including phenoxy) is 3. The monoisotopic (exact) mass is 310 g/mol. The van der Waals surface area contributed by atoms with Crippen molar-refractivity contribution in [3.8, 4) is 17.2 Å². The number of carbonyl (C=O) groups is 1. The highest BCUT2D eigenvalue weighted by Gasteiger charge is 2.32. The fourth-order valence-electron chi connectivity index (χ4n) is 2.80. The van der Waals surface area contributed by atoms with Gasteiger partial charge >= 0.3 is 0 Å². The van der Waals surface area contributed by atoms with Crippen molar-refractivity contribution in [3.63, 3.8) is 0 Å². The highest BCUT2D eigenvalue weighted by atomic mass is 16.5. The normalized spacial score (nSPS) is 17.5. The summed E-state index contributed by atoms with van der Waals surface area (Å²) in [7, 11) is 4.41. The van der Waals surface area contributed by atoms with E-state index >= 15 is 0 Å². The fraction of sp³-hybridized carbons (Fsp3) is 0.533. The van der Waals surface area contributed by atoms with Crippen LogP contribution in [0.25, 0.3) is 0 Å². The summed E-state index contributed by atoms with van der Waals surface area (Å²) < 4.78 is 15.8. The number of anilines is 1. The number of hydrogen-bond acceptors (Lipinski definition) is 6. The van der Waals surface area contributed by atoms with Gasteiger partial charge in [-0.1, -0.05) is 0 Å². The molecule has 1 atom stereocenters. The van der Waals surface area contributed by atoms with Crippen molar-refractivity contribution in [2.45, 2.75) is 18.9 Å². The minimum absolute atomic E-state index is 0.0595. The molecule has 2 rings (SSSR count). The number of rotatable bonds is 5. The predicted molar refractivity (Wildman–Crippen MR) is 81.7 cm³/mol. The number of benzene rings is 1. The number of likely N-dealkylation sites (tertiary alicyclic amines) is 1. The molecule has 3 N–H and O–H groups in total. The molecule has 1 aliphatic heterocycles. The summed E-state index contributed by atoms with van der Waals surface area (Å²) >= 11 is 0. The fourth-order valence-corrected chi connectivity index (χ4v) is 2.80. The smallest absolute Gasteiger partial charge is 0.256 e. The number of nitrogens with zero attached hydrogens (tertiary/aromatic N) is 1. The zero-order valence-electron chi connectivity index (χ0n) is 13.1. The van der Waals surface area contributed by atoms with Crippen LogP contribution in [0, 0.1) is 0 Å². The van der Waals surface area contributed by atoms with Gasteiger partial charge in [-0.2, -0.15) is 0 Å². The third-order valence-electron chi connectivity index (χ3n) is 3.95. The van der Waals surface area contributed by atoms with Crippen molar-refractivity contribution in [2.24, 2.45) is 0 Å². The molecule has 1 aromatic carbocycles. The first-order valence-electron chi connectivity index (χ1n) is 7.09. The van der Waals surface area contributed by atoms with Gasteiger partial charge in [-0.25, -0.2) is 0 Å². The lowest BCUT2D eigenvalue weighted by molar-refractivity contribution is 0.0678. The van der Waals surface area contributed by atoms with Gasteiger partial charge in [-0.3, -0.25) is 4.79 Å². The zero-order chi connectivity index (χ0) is 16.3. The van der Waals surface area contributed by atoms with E-state index < -0.39 is 0 Å². The SMILES string of the molecule is COc1cc(C(=O)N2CCCC2CO)c(N)c(OC)c1OC. The number of aliphatic hydroxyl groups excluding tert-OH is 1. The lowest BCUT2D eigenvalue weighted by atomic mass is 10.1. The maximum absolute atomic E-state index is 12.8. The summed E-state index contributed by atoms with van der Waals surface area (Å²) in [6, 6.07) is 1.37. The van der Waals surface area contributed by atoms with Gasteiger partial charge in [0, 0.05) is 6.54 Å². The Kier molecular flexibility index (Phi) is 4.97. The van der Waals surface area contributed by atoms with E-state index in [0.29, 0.717) is 18.0 Å². The molecule has 1 fully saturated rings. The molecule has 0 spiro atoms. The van der Waals surface area contributed by atoms with Gasteiger partial charge < -0.3 is 30.0 Å². The molecule has 1 aliphatic rings. The second-order valence-corrected chi connectivity index (χ2v) is 5.08. The molecule has 1 unspecified atom stereocenters. The Morgan fingerprint density at radius 3 is 2.55 bits per heavy atom. The van der Waals surface area contributed by atoms with Crippen LogP contribution in [0.3, 0.4) is 0 Å². The van der Waals surface area contributed by atoms with E-state index in [-0.39, 0.29) is 35.6 Å². The molecule has 0 saturated carbocycles. The number of nitrogen functional groups attached to an aromatic ring is 1. The maximum Gasteiger partial charge on any atom is 0.256 e. The van der Waals surface area contributed by atoms with E-state index in [4.69, 9.17) is 19.9 Å². The molecule has 1 amide bonds. The molecule has 0 aromatic heterocycles. The molecule has 7 heteroatoms. The van der Waals surface area contributed by atoms with Crippen LogP contribution in [0.4, 0.5) is 5.69 Å². The summed E-state index contributed by atoms with van der Waals surface area (Å²) in [5.74, 6) is 0.745. The summed E-state index contributed by atoms with van der Waals surface area (Å²) in [5.41, 5.74) is 6.57. The second-order valence-electron chi connectivity index (χ2n) is 5.08. The van der Waals surface area contributed by atoms with Crippen molar-refractivity contribution in [1.82, 2.24) is 4.90 Å². The Morgan fingerprint density at radius 1 is 1.32 bits per heavy atom. The van der Waals surface area contributed by atoms with Gasteiger partial charge in [0.1, 0.15) is 0 Å². The third kappa shape index (κ3) is 2.64. The Labute approximate surface area is 129 Å². The minimum atomic E-state index is -0.242. The Morgan fingerprint density at radius 2 is 2.00 bits per heavy atom. The Bertz CT molecular complexity index is 561.